The van der Waals surface area contributed by atoms with E-state index in [0.29, 0.717) is 5.52 Å². The van der Waals surface area contributed by atoms with Crippen molar-refractivity contribution in [3.8, 4) is 0 Å². The number of sulfonamides is 1. The molecule has 4 rings (SSSR count). The van der Waals surface area contributed by atoms with Crippen molar-refractivity contribution in [3.63, 3.8) is 0 Å². The molecule has 0 saturated carbocycles. The van der Waals surface area contributed by atoms with Gasteiger partial charge in [-0.3, -0.25) is 19.9 Å². The van der Waals surface area contributed by atoms with Gasteiger partial charge in [-0.25, -0.2) is 8.42 Å². The van der Waals surface area contributed by atoms with Gasteiger partial charge in [-0.05, 0) is 67.9 Å². The van der Waals surface area contributed by atoms with E-state index in [0.717, 1.165) is 16.5 Å². The summed E-state index contributed by atoms with van der Waals surface area (Å²) >= 11 is 0. The molecule has 4 N–H and O–H groups in total. The fourth-order valence-corrected chi connectivity index (χ4v) is 7.92. The molecule has 0 saturated heterocycles. The molecule has 1 heterocycles. The Kier molecular flexibility index (Phi) is 13.4. The zero-order valence-corrected chi connectivity index (χ0v) is 32.4. The van der Waals surface area contributed by atoms with Crippen molar-refractivity contribution in [2.24, 2.45) is 11.3 Å². The molecule has 11 heteroatoms. The number of benzene rings is 3. The van der Waals surface area contributed by atoms with Crippen LogP contribution >= 0.6 is 0 Å². The smallest absolute Gasteiger partial charge is 0.243 e. The number of amides is 2. The van der Waals surface area contributed by atoms with Crippen LogP contribution in [-0.4, -0.2) is 71.9 Å². The van der Waals surface area contributed by atoms with Crippen molar-refractivity contribution in [1.82, 2.24) is 25.2 Å². The van der Waals surface area contributed by atoms with Gasteiger partial charge in [-0.2, -0.15) is 4.31 Å². The van der Waals surface area contributed by atoms with E-state index in [1.54, 1.807) is 37.4 Å². The fourth-order valence-electron chi connectivity index (χ4n) is 6.27. The Morgan fingerprint density at radius 2 is 1.44 bits per heavy atom. The van der Waals surface area contributed by atoms with Crippen molar-refractivity contribution < 1.29 is 23.1 Å². The highest BCUT2D eigenvalue weighted by Gasteiger charge is 2.38. The number of carbonyl (C=O) groups excluding carboxylic acids is 2. The van der Waals surface area contributed by atoms with Crippen LogP contribution in [0.1, 0.15) is 66.5 Å². The summed E-state index contributed by atoms with van der Waals surface area (Å²) in [5, 5.41) is 22.0. The van der Waals surface area contributed by atoms with E-state index in [1.165, 1.54) is 4.31 Å². The summed E-state index contributed by atoms with van der Waals surface area (Å²) in [6, 6.07) is 25.2. The molecule has 3 aromatic carbocycles. The van der Waals surface area contributed by atoms with Gasteiger partial charge in [0, 0.05) is 30.2 Å². The molecular weight excluding hydrogens is 675 g/mol. The molecule has 280 valence electrons. The van der Waals surface area contributed by atoms with Gasteiger partial charge in [-0.1, -0.05) is 107 Å². The predicted octanol–water partition coefficient (Wildman–Crippen LogP) is 5.41. The normalized spacial score (nSPS) is 14.9. The SMILES string of the molecule is CC(C)CN(C[C@@H](O)[C@H](Cc1ccccc1)NC(=O)[C@@H](NC(=O)[C@@H](C)NC(C)(C)c1ccccc1)C(C)(C)C)S(=O)(=O)c1ccc2cccnc2c1. The van der Waals surface area contributed by atoms with Crippen molar-refractivity contribution in [2.75, 3.05) is 13.1 Å². The van der Waals surface area contributed by atoms with Gasteiger partial charge in [0.25, 0.3) is 0 Å². The molecule has 0 aliphatic carbocycles. The average Bonchev–Trinajstić information content (AvgIpc) is 3.09. The minimum absolute atomic E-state index is 0.0503. The topological polar surface area (TPSA) is 141 Å². The second-order valence-corrected chi connectivity index (χ2v) is 17.5. The maximum absolute atomic E-state index is 14.2. The summed E-state index contributed by atoms with van der Waals surface area (Å²) in [7, 11) is -4.06. The highest BCUT2D eigenvalue weighted by atomic mass is 32.2. The molecular formula is C41H55N5O5S. The lowest BCUT2D eigenvalue weighted by Crippen LogP contribution is -2.61. The third-order valence-corrected chi connectivity index (χ3v) is 11.0. The second-order valence-electron chi connectivity index (χ2n) is 15.6. The summed E-state index contributed by atoms with van der Waals surface area (Å²) in [6.07, 6.45) is 0.554. The largest absolute Gasteiger partial charge is 0.390 e. The van der Waals surface area contributed by atoms with Crippen LogP contribution in [0.4, 0.5) is 0 Å². The maximum atomic E-state index is 14.2. The second kappa shape index (κ2) is 17.1. The quantitative estimate of drug-likeness (QED) is 0.121. The summed E-state index contributed by atoms with van der Waals surface area (Å²) in [5.41, 5.74) is 1.19. The number of nitrogens with one attached hydrogen (secondary N) is 3. The van der Waals surface area contributed by atoms with Gasteiger partial charge in [0.05, 0.1) is 28.6 Å². The van der Waals surface area contributed by atoms with E-state index in [-0.39, 0.29) is 36.2 Å². The van der Waals surface area contributed by atoms with E-state index >= 15 is 0 Å². The van der Waals surface area contributed by atoms with E-state index in [9.17, 15) is 23.1 Å². The molecule has 4 atom stereocenters. The molecule has 0 aliphatic rings. The Morgan fingerprint density at radius 3 is 2.06 bits per heavy atom. The van der Waals surface area contributed by atoms with Crippen molar-refractivity contribution in [1.29, 1.82) is 0 Å². The van der Waals surface area contributed by atoms with E-state index in [1.807, 2.05) is 115 Å². The van der Waals surface area contributed by atoms with Gasteiger partial charge >= 0.3 is 0 Å². The lowest BCUT2D eigenvalue weighted by atomic mass is 9.85. The van der Waals surface area contributed by atoms with Crippen LogP contribution in [0.3, 0.4) is 0 Å². The number of hydrogen-bond donors (Lipinski definition) is 4. The van der Waals surface area contributed by atoms with Gasteiger partial charge in [0.2, 0.25) is 21.8 Å². The van der Waals surface area contributed by atoms with Crippen LogP contribution < -0.4 is 16.0 Å². The van der Waals surface area contributed by atoms with Crippen LogP contribution in [0.25, 0.3) is 10.9 Å². The first-order valence-electron chi connectivity index (χ1n) is 17.9. The first kappa shape index (κ1) is 40.6. The zero-order valence-electron chi connectivity index (χ0n) is 31.6. The standard InChI is InChI=1S/C41H55N5O5S/c1-28(2)26-46(52(50,51)33-22-21-31-18-15-23-42-34(31)25-33)27-36(47)35(24-30-16-11-9-12-17-30)43-39(49)37(40(4,5)6)44-38(48)29(3)45-41(7,8)32-19-13-10-14-20-32/h9-23,25,28-29,35-37,45,47H,24,26-27H2,1-8H3,(H,43,49)(H,44,48)/t29-,35+,36-,37-/m1/s1. The van der Waals surface area contributed by atoms with Crippen LogP contribution in [0.2, 0.25) is 0 Å². The Morgan fingerprint density at radius 1 is 0.808 bits per heavy atom. The van der Waals surface area contributed by atoms with Gasteiger partial charge < -0.3 is 15.7 Å². The Labute approximate surface area is 309 Å². The Hall–Kier alpha value is -4.16. The molecule has 52 heavy (non-hydrogen) atoms. The zero-order chi connectivity index (χ0) is 38.3. The molecule has 0 aliphatic heterocycles. The molecule has 4 aromatic rings. The Bertz CT molecular complexity index is 1900. The molecule has 1 aromatic heterocycles. The number of aliphatic hydroxyl groups excluding tert-OH is 1. The molecule has 0 bridgehead atoms. The monoisotopic (exact) mass is 729 g/mol. The average molecular weight is 730 g/mol. The van der Waals surface area contributed by atoms with Gasteiger partial charge in [0.1, 0.15) is 6.04 Å². The fraction of sp³-hybridized carbons (Fsp3) is 0.439. The molecule has 0 fully saturated rings. The highest BCUT2D eigenvalue weighted by Crippen LogP contribution is 2.25. The summed E-state index contributed by atoms with van der Waals surface area (Å²) in [4.78, 5) is 32.2. The lowest BCUT2D eigenvalue weighted by Gasteiger charge is -2.36. The number of aromatic nitrogens is 1. The van der Waals surface area contributed by atoms with E-state index in [4.69, 9.17) is 0 Å². The van der Waals surface area contributed by atoms with Crippen LogP contribution in [-0.2, 0) is 31.6 Å². The molecule has 0 radical (unpaired) electrons. The van der Waals surface area contributed by atoms with Crippen LogP contribution in [0, 0.1) is 11.3 Å². The number of rotatable bonds is 16. The van der Waals surface area contributed by atoms with E-state index < -0.39 is 51.1 Å². The van der Waals surface area contributed by atoms with Crippen molar-refractivity contribution >= 4 is 32.7 Å². The molecule has 0 unspecified atom stereocenters. The summed E-state index contributed by atoms with van der Waals surface area (Å²) in [5.74, 6) is -0.877. The number of aliphatic hydroxyl groups is 1. The summed E-state index contributed by atoms with van der Waals surface area (Å²) in [6.45, 7) is 15.0. The number of pyridine rings is 1. The predicted molar refractivity (Wildman–Crippen MR) is 207 cm³/mol. The van der Waals surface area contributed by atoms with E-state index in [2.05, 4.69) is 20.9 Å². The lowest BCUT2D eigenvalue weighted by molar-refractivity contribution is -0.133. The highest BCUT2D eigenvalue weighted by molar-refractivity contribution is 7.89. The third kappa shape index (κ3) is 10.7. The van der Waals surface area contributed by atoms with Gasteiger partial charge in [-0.15, -0.1) is 0 Å². The first-order valence-corrected chi connectivity index (χ1v) is 19.3. The van der Waals surface area contributed by atoms with Crippen molar-refractivity contribution in [2.45, 2.75) is 96.5 Å². The van der Waals surface area contributed by atoms with Crippen molar-refractivity contribution in [3.05, 3.63) is 108 Å². The minimum Gasteiger partial charge on any atom is -0.390 e. The Balaban J connectivity index is 1.58. The molecule has 10 nitrogen and oxygen atoms in total. The molecule has 0 spiro atoms. The first-order chi connectivity index (χ1) is 24.4. The number of hydrogen-bond acceptors (Lipinski definition) is 7. The third-order valence-electron chi connectivity index (χ3n) is 9.15. The summed E-state index contributed by atoms with van der Waals surface area (Å²) < 4.78 is 29.5. The minimum atomic E-state index is -4.06. The number of nitrogens with zero attached hydrogens (tertiary/aromatic N) is 2. The van der Waals surface area contributed by atoms with Crippen LogP contribution in [0.5, 0.6) is 0 Å². The maximum Gasteiger partial charge on any atom is 0.243 e. The number of carbonyl (C=O) groups is 2. The van der Waals surface area contributed by atoms with Crippen LogP contribution in [0.15, 0.2) is 102 Å². The van der Waals surface area contributed by atoms with Gasteiger partial charge in [0.15, 0.2) is 0 Å². The molecule has 2 amide bonds. The number of fused-ring (bicyclic) bond motifs is 1.